The van der Waals surface area contributed by atoms with Crippen LogP contribution in [0.15, 0.2) is 144 Å². The zero-order valence-corrected chi connectivity index (χ0v) is 28.9. The van der Waals surface area contributed by atoms with Crippen LogP contribution in [-0.4, -0.2) is 35.5 Å². The quantitative estimate of drug-likeness (QED) is 0.0611. The largest absolute Gasteiger partial charge is 0.489 e. The number of nitrogens with one attached hydrogen (secondary N) is 3. The van der Waals surface area contributed by atoms with Gasteiger partial charge in [0.05, 0.1) is 17.4 Å². The SMILES string of the molecule is CCOC(=O)c1ccc(NC(=O)C(C)Sc2ccc(NC(=O)/C(=C/c3ccc(OCc4ccccc4)cc3)NC(=O)c3ccccc3)cc2)cc1. The number of anilines is 2. The van der Waals surface area contributed by atoms with Crippen molar-refractivity contribution in [1.82, 2.24) is 5.32 Å². The number of amides is 3. The van der Waals surface area contributed by atoms with Gasteiger partial charge in [0.2, 0.25) is 5.91 Å². The summed E-state index contributed by atoms with van der Waals surface area (Å²) in [6.45, 7) is 4.24. The molecule has 51 heavy (non-hydrogen) atoms. The summed E-state index contributed by atoms with van der Waals surface area (Å²) >= 11 is 1.35. The normalized spacial score (nSPS) is 11.5. The van der Waals surface area contributed by atoms with Gasteiger partial charge in [-0.2, -0.15) is 0 Å². The van der Waals surface area contributed by atoms with Crippen LogP contribution in [-0.2, 0) is 20.9 Å². The molecule has 3 amide bonds. The lowest BCUT2D eigenvalue weighted by Gasteiger charge is -2.14. The van der Waals surface area contributed by atoms with Gasteiger partial charge in [-0.1, -0.05) is 60.7 Å². The van der Waals surface area contributed by atoms with Crippen molar-refractivity contribution in [1.29, 1.82) is 0 Å². The maximum Gasteiger partial charge on any atom is 0.338 e. The summed E-state index contributed by atoms with van der Waals surface area (Å²) in [6.07, 6.45) is 1.60. The van der Waals surface area contributed by atoms with E-state index in [4.69, 9.17) is 9.47 Å². The number of ether oxygens (including phenoxy) is 2. The van der Waals surface area contributed by atoms with Crippen molar-refractivity contribution >= 4 is 52.9 Å². The fourth-order valence-corrected chi connectivity index (χ4v) is 5.60. The summed E-state index contributed by atoms with van der Waals surface area (Å²) in [6, 6.07) is 39.3. The van der Waals surface area contributed by atoms with Gasteiger partial charge in [-0.3, -0.25) is 14.4 Å². The van der Waals surface area contributed by atoms with E-state index in [1.54, 1.807) is 92.7 Å². The van der Waals surface area contributed by atoms with Crippen molar-refractivity contribution in [2.24, 2.45) is 0 Å². The van der Waals surface area contributed by atoms with E-state index in [0.717, 1.165) is 10.5 Å². The van der Waals surface area contributed by atoms with Crippen LogP contribution < -0.4 is 20.7 Å². The smallest absolute Gasteiger partial charge is 0.338 e. The third-order valence-electron chi connectivity index (χ3n) is 7.43. The number of rotatable bonds is 14. The molecule has 3 N–H and O–H groups in total. The van der Waals surface area contributed by atoms with Gasteiger partial charge < -0.3 is 25.4 Å². The van der Waals surface area contributed by atoms with Crippen LogP contribution in [0.3, 0.4) is 0 Å². The lowest BCUT2D eigenvalue weighted by Crippen LogP contribution is -2.30. The molecule has 0 fully saturated rings. The first kappa shape index (κ1) is 36.2. The summed E-state index contributed by atoms with van der Waals surface area (Å²) in [5, 5.41) is 8.03. The molecule has 0 aliphatic carbocycles. The molecule has 0 radical (unpaired) electrons. The van der Waals surface area contributed by atoms with Crippen LogP contribution in [0, 0.1) is 0 Å². The fraction of sp³-hybridized carbons (Fsp3) is 0.122. The Hall–Kier alpha value is -6.13. The molecule has 1 unspecified atom stereocenters. The van der Waals surface area contributed by atoms with Gasteiger partial charge in [0.15, 0.2) is 0 Å². The second kappa shape index (κ2) is 18.0. The van der Waals surface area contributed by atoms with E-state index in [-0.39, 0.29) is 18.2 Å². The average Bonchev–Trinajstić information content (AvgIpc) is 3.16. The Kier molecular flexibility index (Phi) is 12.8. The Labute approximate surface area is 301 Å². The highest BCUT2D eigenvalue weighted by Gasteiger charge is 2.17. The zero-order chi connectivity index (χ0) is 36.0. The van der Waals surface area contributed by atoms with E-state index in [9.17, 15) is 19.2 Å². The van der Waals surface area contributed by atoms with Crippen molar-refractivity contribution in [3.63, 3.8) is 0 Å². The van der Waals surface area contributed by atoms with E-state index < -0.39 is 23.0 Å². The molecule has 0 saturated heterocycles. The van der Waals surface area contributed by atoms with E-state index >= 15 is 0 Å². The Morgan fingerprint density at radius 2 is 1.31 bits per heavy atom. The molecule has 0 heterocycles. The molecule has 0 aliphatic heterocycles. The van der Waals surface area contributed by atoms with Crippen molar-refractivity contribution < 1.29 is 28.7 Å². The number of hydrogen-bond acceptors (Lipinski definition) is 7. The second-order valence-electron chi connectivity index (χ2n) is 11.2. The number of carbonyl (C=O) groups is 4. The van der Waals surface area contributed by atoms with E-state index in [2.05, 4.69) is 16.0 Å². The lowest BCUT2D eigenvalue weighted by atomic mass is 10.1. The number of carbonyl (C=O) groups excluding carboxylic acids is 4. The molecule has 0 spiro atoms. The molecule has 10 heteroatoms. The molecule has 0 aliphatic rings. The minimum atomic E-state index is -0.509. The van der Waals surface area contributed by atoms with Gasteiger partial charge in [0.25, 0.3) is 11.8 Å². The third-order valence-corrected chi connectivity index (χ3v) is 8.54. The van der Waals surface area contributed by atoms with Crippen molar-refractivity contribution in [2.75, 3.05) is 17.2 Å². The van der Waals surface area contributed by atoms with Crippen LogP contribution in [0.2, 0.25) is 0 Å². The lowest BCUT2D eigenvalue weighted by molar-refractivity contribution is -0.115. The van der Waals surface area contributed by atoms with Crippen LogP contribution in [0.25, 0.3) is 6.08 Å². The van der Waals surface area contributed by atoms with E-state index in [0.29, 0.717) is 40.4 Å². The Balaban J connectivity index is 1.21. The number of thioether (sulfide) groups is 1. The molecular weight excluding hydrogens is 663 g/mol. The first-order chi connectivity index (χ1) is 24.8. The van der Waals surface area contributed by atoms with Crippen LogP contribution in [0.1, 0.15) is 45.7 Å². The highest BCUT2D eigenvalue weighted by molar-refractivity contribution is 8.00. The summed E-state index contributed by atoms with van der Waals surface area (Å²) in [7, 11) is 0. The number of benzene rings is 5. The average molecular weight is 700 g/mol. The highest BCUT2D eigenvalue weighted by Crippen LogP contribution is 2.26. The molecule has 1 atom stereocenters. The predicted octanol–water partition coefficient (Wildman–Crippen LogP) is 7.97. The zero-order valence-electron chi connectivity index (χ0n) is 28.1. The molecule has 0 bridgehead atoms. The molecule has 0 saturated carbocycles. The van der Waals surface area contributed by atoms with Gasteiger partial charge in [-0.15, -0.1) is 11.8 Å². The Morgan fingerprint density at radius 3 is 1.96 bits per heavy atom. The van der Waals surface area contributed by atoms with Crippen molar-refractivity contribution in [2.45, 2.75) is 30.6 Å². The summed E-state index contributed by atoms with van der Waals surface area (Å²) in [5.74, 6) is -0.885. The monoisotopic (exact) mass is 699 g/mol. The second-order valence-corrected chi connectivity index (χ2v) is 12.7. The molecule has 0 aromatic heterocycles. The van der Waals surface area contributed by atoms with Gasteiger partial charge in [-0.25, -0.2) is 4.79 Å². The molecule has 258 valence electrons. The molecule has 9 nitrogen and oxygen atoms in total. The topological polar surface area (TPSA) is 123 Å². The van der Waals surface area contributed by atoms with E-state index in [1.165, 1.54) is 11.8 Å². The summed E-state index contributed by atoms with van der Waals surface area (Å²) < 4.78 is 10.9. The van der Waals surface area contributed by atoms with Crippen LogP contribution in [0.4, 0.5) is 11.4 Å². The standard InChI is InChI=1S/C41H37N3O6S/c1-3-49-41(48)32-16-18-33(19-17-32)42-38(45)28(2)51-36-24-20-34(21-25-36)43-40(47)37(44-39(46)31-12-8-5-9-13-31)26-29-14-22-35(23-15-29)50-27-30-10-6-4-7-11-30/h4-26,28H,3,27H2,1-2H3,(H,42,45)(H,43,47)(H,44,46)/b37-26-. The van der Waals surface area contributed by atoms with Gasteiger partial charge in [-0.05, 0) is 104 Å². The van der Waals surface area contributed by atoms with Crippen molar-refractivity contribution in [3.8, 4) is 5.75 Å². The predicted molar refractivity (Wildman–Crippen MR) is 201 cm³/mol. The summed E-state index contributed by atoms with van der Waals surface area (Å²) in [5.41, 5.74) is 3.68. The maximum absolute atomic E-state index is 13.5. The first-order valence-electron chi connectivity index (χ1n) is 16.3. The highest BCUT2D eigenvalue weighted by atomic mass is 32.2. The molecular formula is C41H37N3O6S. The minimum absolute atomic E-state index is 0.0563. The minimum Gasteiger partial charge on any atom is -0.489 e. The molecule has 5 rings (SSSR count). The fourth-order valence-electron chi connectivity index (χ4n) is 4.73. The maximum atomic E-state index is 13.5. The number of esters is 1. The van der Waals surface area contributed by atoms with Gasteiger partial charge in [0, 0.05) is 21.8 Å². The Morgan fingerprint density at radius 1 is 0.706 bits per heavy atom. The third kappa shape index (κ3) is 10.9. The first-order valence-corrected chi connectivity index (χ1v) is 17.2. The Bertz CT molecular complexity index is 1970. The molecule has 5 aromatic rings. The van der Waals surface area contributed by atoms with Crippen LogP contribution >= 0.6 is 11.8 Å². The van der Waals surface area contributed by atoms with Crippen LogP contribution in [0.5, 0.6) is 5.75 Å². The van der Waals surface area contributed by atoms with Gasteiger partial charge >= 0.3 is 5.97 Å². The van der Waals surface area contributed by atoms with E-state index in [1.807, 2.05) is 60.7 Å². The van der Waals surface area contributed by atoms with Gasteiger partial charge in [0.1, 0.15) is 18.1 Å². The number of hydrogen-bond donors (Lipinski definition) is 3. The molecule has 5 aromatic carbocycles. The van der Waals surface area contributed by atoms with Crippen molar-refractivity contribution in [3.05, 3.63) is 161 Å². The summed E-state index contributed by atoms with van der Waals surface area (Å²) in [4.78, 5) is 52.1.